The number of anilines is 3. The van der Waals surface area contributed by atoms with Crippen molar-refractivity contribution in [1.82, 2.24) is 19.7 Å². The predicted molar refractivity (Wildman–Crippen MR) is 135 cm³/mol. The summed E-state index contributed by atoms with van der Waals surface area (Å²) in [6.45, 7) is 3.70. The highest BCUT2D eigenvalue weighted by molar-refractivity contribution is 6.33. The molecule has 5 rings (SSSR count). The van der Waals surface area contributed by atoms with E-state index >= 15 is 0 Å². The van der Waals surface area contributed by atoms with Gasteiger partial charge in [-0.15, -0.1) is 0 Å². The molecule has 0 spiro atoms. The minimum Gasteiger partial charge on any atom is -0.444 e. The fraction of sp³-hybridized carbons (Fsp3) is 0.333. The van der Waals surface area contributed by atoms with Crippen LogP contribution in [-0.2, 0) is 7.05 Å². The molecule has 0 aliphatic carbocycles. The molecule has 1 aromatic carbocycles. The Morgan fingerprint density at radius 2 is 2.09 bits per heavy atom. The van der Waals surface area contributed by atoms with E-state index in [-0.39, 0.29) is 24.0 Å². The van der Waals surface area contributed by atoms with E-state index in [1.165, 1.54) is 12.5 Å². The van der Waals surface area contributed by atoms with Crippen LogP contribution in [0, 0.1) is 12.8 Å². The maximum atomic E-state index is 13.2. The third-order valence-electron chi connectivity index (χ3n) is 6.46. The van der Waals surface area contributed by atoms with Crippen LogP contribution >= 0.6 is 11.6 Å². The van der Waals surface area contributed by atoms with Gasteiger partial charge in [0.1, 0.15) is 12.1 Å². The number of aliphatic hydroxyl groups is 1. The minimum absolute atomic E-state index is 0.111. The van der Waals surface area contributed by atoms with Gasteiger partial charge in [0.2, 0.25) is 5.89 Å². The molecule has 1 saturated heterocycles. The van der Waals surface area contributed by atoms with Crippen LogP contribution in [0.5, 0.6) is 0 Å². The third kappa shape index (κ3) is 4.42. The van der Waals surface area contributed by atoms with Crippen molar-refractivity contribution in [2.45, 2.75) is 19.8 Å². The number of nitrogens with zero attached hydrogens (tertiary/aromatic N) is 5. The van der Waals surface area contributed by atoms with Gasteiger partial charge in [-0.1, -0.05) is 11.6 Å². The Labute approximate surface area is 206 Å². The van der Waals surface area contributed by atoms with Crippen LogP contribution in [0.2, 0.25) is 5.02 Å². The van der Waals surface area contributed by atoms with Crippen LogP contribution in [0.25, 0.3) is 22.4 Å². The van der Waals surface area contributed by atoms with Gasteiger partial charge in [0.15, 0.2) is 5.69 Å². The Bertz CT molecular complexity index is 1410. The number of amides is 1. The highest BCUT2D eigenvalue weighted by Gasteiger charge is 2.24. The predicted octanol–water partition coefficient (Wildman–Crippen LogP) is 3.63. The SMILES string of the molecule is Cc1nn(C)c2cc(N3CCC(CO)CC3)c(NC(=O)c3coc(-c4cc(N)ncc4Cl)n3)cc12. The number of nitrogens with one attached hydrogen (secondary N) is 1. The van der Waals surface area contributed by atoms with Crippen LogP contribution < -0.4 is 16.0 Å². The first-order chi connectivity index (χ1) is 16.8. The van der Waals surface area contributed by atoms with Gasteiger partial charge in [-0.2, -0.15) is 5.10 Å². The van der Waals surface area contributed by atoms with E-state index in [9.17, 15) is 9.90 Å². The molecular weight excluding hydrogens is 470 g/mol. The second-order valence-corrected chi connectivity index (χ2v) is 9.20. The summed E-state index contributed by atoms with van der Waals surface area (Å²) in [5, 5.41) is 18.3. The maximum Gasteiger partial charge on any atom is 0.277 e. The number of fused-ring (bicyclic) bond motifs is 1. The van der Waals surface area contributed by atoms with E-state index in [1.807, 2.05) is 24.7 Å². The molecule has 0 unspecified atom stereocenters. The lowest BCUT2D eigenvalue weighted by Gasteiger charge is -2.34. The number of oxazole rings is 1. The summed E-state index contributed by atoms with van der Waals surface area (Å²) >= 11 is 6.20. The maximum absolute atomic E-state index is 13.2. The average molecular weight is 496 g/mol. The van der Waals surface area contributed by atoms with Crippen molar-refractivity contribution in [3.8, 4) is 11.5 Å². The van der Waals surface area contributed by atoms with E-state index in [4.69, 9.17) is 21.8 Å². The number of aliphatic hydroxyl groups excluding tert-OH is 1. The minimum atomic E-state index is -0.412. The lowest BCUT2D eigenvalue weighted by molar-refractivity contribution is 0.102. The number of nitrogen functional groups attached to an aromatic ring is 1. The second-order valence-electron chi connectivity index (χ2n) is 8.79. The number of hydrogen-bond donors (Lipinski definition) is 3. The lowest BCUT2D eigenvalue weighted by Crippen LogP contribution is -2.35. The van der Waals surface area contributed by atoms with Crippen molar-refractivity contribution in [3.63, 3.8) is 0 Å². The van der Waals surface area contributed by atoms with Crippen molar-refractivity contribution in [2.24, 2.45) is 13.0 Å². The number of nitrogens with two attached hydrogens (primary N) is 1. The van der Waals surface area contributed by atoms with Crippen LogP contribution in [0.3, 0.4) is 0 Å². The number of piperidine rings is 1. The molecule has 0 bridgehead atoms. The highest BCUT2D eigenvalue weighted by atomic mass is 35.5. The molecule has 10 nitrogen and oxygen atoms in total. The van der Waals surface area contributed by atoms with Crippen LogP contribution in [0.4, 0.5) is 17.2 Å². The Hall–Kier alpha value is -3.63. The van der Waals surface area contributed by atoms with Gasteiger partial charge in [-0.25, -0.2) is 9.97 Å². The largest absolute Gasteiger partial charge is 0.444 e. The summed E-state index contributed by atoms with van der Waals surface area (Å²) in [5.41, 5.74) is 9.74. The summed E-state index contributed by atoms with van der Waals surface area (Å²) in [6, 6.07) is 5.55. The van der Waals surface area contributed by atoms with Gasteiger partial charge in [0.05, 0.1) is 33.2 Å². The summed E-state index contributed by atoms with van der Waals surface area (Å²) in [4.78, 5) is 23.7. The number of hydrogen-bond acceptors (Lipinski definition) is 8. The monoisotopic (exact) mass is 495 g/mol. The number of aryl methyl sites for hydroxylation is 2. The summed E-state index contributed by atoms with van der Waals surface area (Å²) in [6.07, 6.45) is 4.47. The normalized spacial score (nSPS) is 14.6. The molecule has 0 atom stereocenters. The zero-order valence-corrected chi connectivity index (χ0v) is 20.2. The van der Waals surface area contributed by atoms with E-state index < -0.39 is 5.91 Å². The van der Waals surface area contributed by atoms with E-state index in [0.717, 1.165) is 48.2 Å². The molecule has 4 N–H and O–H groups in total. The van der Waals surface area contributed by atoms with Crippen LogP contribution in [-0.4, -0.2) is 50.5 Å². The quantitative estimate of drug-likeness (QED) is 0.382. The summed E-state index contributed by atoms with van der Waals surface area (Å²) in [5.74, 6) is 0.336. The molecule has 1 aliphatic rings. The first-order valence-electron chi connectivity index (χ1n) is 11.4. The van der Waals surface area contributed by atoms with Crippen molar-refractivity contribution >= 4 is 45.6 Å². The molecule has 4 aromatic rings. The van der Waals surface area contributed by atoms with E-state index in [2.05, 4.69) is 31.3 Å². The molecule has 4 heterocycles. The molecule has 3 aromatic heterocycles. The number of rotatable bonds is 5. The average Bonchev–Trinajstić information content (AvgIpc) is 3.45. The number of carbonyl (C=O) groups is 1. The second kappa shape index (κ2) is 9.20. The fourth-order valence-corrected chi connectivity index (χ4v) is 4.68. The Kier molecular flexibility index (Phi) is 6.08. The zero-order chi connectivity index (χ0) is 24.7. The van der Waals surface area contributed by atoms with Crippen LogP contribution in [0.15, 0.2) is 35.1 Å². The number of carbonyl (C=O) groups excluding carboxylic acids is 1. The Balaban J connectivity index is 1.47. The van der Waals surface area contributed by atoms with E-state index in [0.29, 0.717) is 22.2 Å². The van der Waals surface area contributed by atoms with Gasteiger partial charge in [-0.3, -0.25) is 9.48 Å². The Morgan fingerprint density at radius 3 is 2.83 bits per heavy atom. The Morgan fingerprint density at radius 1 is 1.31 bits per heavy atom. The molecule has 182 valence electrons. The number of benzene rings is 1. The van der Waals surface area contributed by atoms with Crippen LogP contribution in [0.1, 0.15) is 29.0 Å². The summed E-state index contributed by atoms with van der Waals surface area (Å²) < 4.78 is 7.36. The van der Waals surface area contributed by atoms with Crippen molar-refractivity contribution in [1.29, 1.82) is 0 Å². The number of pyridine rings is 1. The lowest BCUT2D eigenvalue weighted by atomic mass is 9.97. The fourth-order valence-electron chi connectivity index (χ4n) is 4.49. The van der Waals surface area contributed by atoms with E-state index in [1.54, 1.807) is 6.07 Å². The van der Waals surface area contributed by atoms with Crippen molar-refractivity contribution in [3.05, 3.63) is 47.1 Å². The molecule has 0 saturated carbocycles. The molecule has 0 radical (unpaired) electrons. The van der Waals surface area contributed by atoms with Gasteiger partial charge < -0.3 is 25.5 Å². The molecule has 11 heteroatoms. The van der Waals surface area contributed by atoms with Gasteiger partial charge in [-0.05, 0) is 43.9 Å². The third-order valence-corrected chi connectivity index (χ3v) is 6.76. The molecule has 35 heavy (non-hydrogen) atoms. The van der Waals surface area contributed by atoms with Crippen molar-refractivity contribution < 1.29 is 14.3 Å². The molecular formula is C24H26ClN7O3. The molecule has 1 fully saturated rings. The first-order valence-corrected chi connectivity index (χ1v) is 11.7. The zero-order valence-electron chi connectivity index (χ0n) is 19.5. The topological polar surface area (TPSA) is 135 Å². The number of halogens is 1. The highest BCUT2D eigenvalue weighted by Crippen LogP contribution is 2.35. The first kappa shape index (κ1) is 23.1. The molecule has 1 amide bonds. The standard InChI is InChI=1S/C24H26ClN7O3/c1-13-15-7-18(21(9-20(15)31(2)30-13)32-5-3-14(11-33)4-6-32)28-23(34)19-12-35-24(29-19)16-8-22(26)27-10-17(16)25/h7-10,12,14,33H,3-6,11H2,1-2H3,(H2,26,27)(H,28,34). The molecule has 1 aliphatic heterocycles. The smallest absolute Gasteiger partial charge is 0.277 e. The number of aromatic nitrogens is 4. The summed E-state index contributed by atoms with van der Waals surface area (Å²) in [7, 11) is 1.91. The van der Waals surface area contributed by atoms with Gasteiger partial charge in [0.25, 0.3) is 5.91 Å². The van der Waals surface area contributed by atoms with Gasteiger partial charge in [0, 0.05) is 38.3 Å². The van der Waals surface area contributed by atoms with Crippen molar-refractivity contribution in [2.75, 3.05) is 35.6 Å². The van der Waals surface area contributed by atoms with Gasteiger partial charge >= 0.3 is 0 Å².